The fraction of sp³-hybridized carbons (Fsp3) is 0.889. The number of carbonyl (C=O) groups is 1. The van der Waals surface area contributed by atoms with E-state index in [2.05, 4.69) is 24.5 Å². The molecule has 12 heavy (non-hydrogen) atoms. The van der Waals surface area contributed by atoms with Crippen LogP contribution in [0.3, 0.4) is 0 Å². The van der Waals surface area contributed by atoms with E-state index in [0.717, 1.165) is 13.0 Å². The lowest BCUT2D eigenvalue weighted by Gasteiger charge is -2.06. The monoisotopic (exact) mass is 172 g/mol. The summed E-state index contributed by atoms with van der Waals surface area (Å²) in [4.78, 5) is 10.9. The van der Waals surface area contributed by atoms with Gasteiger partial charge >= 0.3 is 0 Å². The molecule has 0 aromatic rings. The minimum Gasteiger partial charge on any atom is -0.355 e. The molecule has 0 aliphatic carbocycles. The molecule has 0 saturated heterocycles. The summed E-state index contributed by atoms with van der Waals surface area (Å²) in [6.45, 7) is 8.35. The van der Waals surface area contributed by atoms with E-state index in [4.69, 9.17) is 0 Å². The Balaban J connectivity index is 3.14. The molecule has 0 radical (unpaired) electrons. The first kappa shape index (κ1) is 11.4. The van der Waals surface area contributed by atoms with E-state index in [9.17, 15) is 4.79 Å². The van der Waals surface area contributed by atoms with Crippen molar-refractivity contribution in [1.82, 2.24) is 10.6 Å². The molecular weight excluding hydrogens is 152 g/mol. The summed E-state index contributed by atoms with van der Waals surface area (Å²) in [7, 11) is 0. The van der Waals surface area contributed by atoms with Crippen molar-refractivity contribution in [3.05, 3.63) is 0 Å². The van der Waals surface area contributed by atoms with Gasteiger partial charge in [-0.1, -0.05) is 13.8 Å². The highest BCUT2D eigenvalue weighted by molar-refractivity contribution is 5.77. The number of nitrogens with one attached hydrogen (secondary N) is 2. The molecule has 0 unspecified atom stereocenters. The number of rotatable bonds is 6. The Kier molecular flexibility index (Phi) is 6.76. The second-order valence-electron chi connectivity index (χ2n) is 3.31. The highest BCUT2D eigenvalue weighted by Gasteiger charge is 1.97. The maximum atomic E-state index is 10.9. The number of hydrogen-bond acceptors (Lipinski definition) is 2. The van der Waals surface area contributed by atoms with Crippen LogP contribution in [-0.2, 0) is 4.79 Å². The predicted octanol–water partition coefficient (Wildman–Crippen LogP) is 0.758. The van der Waals surface area contributed by atoms with Gasteiger partial charge in [0.05, 0.1) is 6.54 Å². The van der Waals surface area contributed by atoms with Crippen LogP contribution in [-0.4, -0.2) is 25.5 Å². The van der Waals surface area contributed by atoms with E-state index < -0.39 is 0 Å². The largest absolute Gasteiger partial charge is 0.355 e. The molecule has 0 aromatic heterocycles. The lowest BCUT2D eigenvalue weighted by molar-refractivity contribution is -0.120. The predicted molar refractivity (Wildman–Crippen MR) is 51.0 cm³/mol. The van der Waals surface area contributed by atoms with Crippen molar-refractivity contribution >= 4 is 5.91 Å². The Morgan fingerprint density at radius 2 is 2.08 bits per heavy atom. The Labute approximate surface area is 74.9 Å². The van der Waals surface area contributed by atoms with Crippen molar-refractivity contribution in [2.45, 2.75) is 27.2 Å². The summed E-state index contributed by atoms with van der Waals surface area (Å²) < 4.78 is 0. The van der Waals surface area contributed by atoms with Gasteiger partial charge in [0, 0.05) is 6.54 Å². The van der Waals surface area contributed by atoms with Crippen molar-refractivity contribution in [2.24, 2.45) is 5.92 Å². The molecule has 1 amide bonds. The fourth-order valence-electron chi connectivity index (χ4n) is 0.852. The smallest absolute Gasteiger partial charge is 0.233 e. The fourth-order valence-corrected chi connectivity index (χ4v) is 0.852. The van der Waals surface area contributed by atoms with Gasteiger partial charge in [0.15, 0.2) is 0 Å². The van der Waals surface area contributed by atoms with E-state index >= 15 is 0 Å². The molecule has 0 bridgehead atoms. The third kappa shape index (κ3) is 7.54. The van der Waals surface area contributed by atoms with Gasteiger partial charge in [-0.25, -0.2) is 0 Å². The second kappa shape index (κ2) is 7.10. The third-order valence-electron chi connectivity index (χ3n) is 1.56. The Hall–Kier alpha value is -0.570. The molecule has 2 N–H and O–H groups in total. The van der Waals surface area contributed by atoms with Crippen molar-refractivity contribution < 1.29 is 4.79 Å². The summed E-state index contributed by atoms with van der Waals surface area (Å²) in [5, 5.41) is 5.82. The van der Waals surface area contributed by atoms with Crippen LogP contribution in [0.15, 0.2) is 0 Å². The zero-order valence-corrected chi connectivity index (χ0v) is 8.31. The molecule has 0 aliphatic heterocycles. The van der Waals surface area contributed by atoms with Crippen LogP contribution >= 0.6 is 0 Å². The first-order valence-electron chi connectivity index (χ1n) is 4.64. The number of carbonyl (C=O) groups excluding carboxylic acids is 1. The summed E-state index contributed by atoms with van der Waals surface area (Å²) in [5.41, 5.74) is 0. The SMILES string of the molecule is CCNC(=O)CNCCC(C)C. The summed E-state index contributed by atoms with van der Waals surface area (Å²) in [6, 6.07) is 0. The van der Waals surface area contributed by atoms with Gasteiger partial charge in [-0.05, 0) is 25.8 Å². The molecule has 3 heteroatoms. The Morgan fingerprint density at radius 3 is 2.58 bits per heavy atom. The van der Waals surface area contributed by atoms with Gasteiger partial charge < -0.3 is 10.6 Å². The highest BCUT2D eigenvalue weighted by Crippen LogP contribution is 1.95. The van der Waals surface area contributed by atoms with E-state index in [1.807, 2.05) is 6.92 Å². The van der Waals surface area contributed by atoms with Gasteiger partial charge in [-0.3, -0.25) is 4.79 Å². The number of likely N-dealkylation sites (N-methyl/N-ethyl adjacent to an activating group) is 1. The van der Waals surface area contributed by atoms with Crippen molar-refractivity contribution in [3.8, 4) is 0 Å². The average molecular weight is 172 g/mol. The van der Waals surface area contributed by atoms with Gasteiger partial charge in [0.2, 0.25) is 5.91 Å². The van der Waals surface area contributed by atoms with Crippen LogP contribution in [0.25, 0.3) is 0 Å². The maximum absolute atomic E-state index is 10.9. The zero-order chi connectivity index (χ0) is 9.40. The second-order valence-corrected chi connectivity index (χ2v) is 3.31. The first-order valence-corrected chi connectivity index (χ1v) is 4.64. The molecule has 0 rings (SSSR count). The van der Waals surface area contributed by atoms with Gasteiger partial charge in [0.1, 0.15) is 0 Å². The summed E-state index contributed by atoms with van der Waals surface area (Å²) >= 11 is 0. The van der Waals surface area contributed by atoms with Gasteiger partial charge in [-0.2, -0.15) is 0 Å². The third-order valence-corrected chi connectivity index (χ3v) is 1.56. The van der Waals surface area contributed by atoms with Crippen LogP contribution in [0.4, 0.5) is 0 Å². The maximum Gasteiger partial charge on any atom is 0.233 e. The molecule has 0 aromatic carbocycles. The average Bonchev–Trinajstić information content (AvgIpc) is 1.98. The van der Waals surface area contributed by atoms with Crippen LogP contribution < -0.4 is 10.6 Å². The Morgan fingerprint density at radius 1 is 1.42 bits per heavy atom. The van der Waals surface area contributed by atoms with E-state index in [0.29, 0.717) is 19.0 Å². The molecular formula is C9H20N2O. The normalized spacial score (nSPS) is 10.3. The molecule has 0 saturated carbocycles. The quantitative estimate of drug-likeness (QED) is 0.581. The minimum absolute atomic E-state index is 0.0845. The van der Waals surface area contributed by atoms with Crippen molar-refractivity contribution in [3.63, 3.8) is 0 Å². The highest BCUT2D eigenvalue weighted by atomic mass is 16.1. The van der Waals surface area contributed by atoms with E-state index in [1.54, 1.807) is 0 Å². The van der Waals surface area contributed by atoms with Crippen molar-refractivity contribution in [2.75, 3.05) is 19.6 Å². The summed E-state index contributed by atoms with van der Waals surface area (Å²) in [6.07, 6.45) is 1.12. The summed E-state index contributed by atoms with van der Waals surface area (Å²) in [5.74, 6) is 0.785. The molecule has 0 fully saturated rings. The number of amides is 1. The van der Waals surface area contributed by atoms with E-state index in [1.165, 1.54) is 0 Å². The zero-order valence-electron chi connectivity index (χ0n) is 8.31. The van der Waals surface area contributed by atoms with Crippen LogP contribution in [0.5, 0.6) is 0 Å². The first-order chi connectivity index (χ1) is 5.66. The number of hydrogen-bond donors (Lipinski definition) is 2. The standard InChI is InChI=1S/C9H20N2O/c1-4-11-9(12)7-10-6-5-8(2)3/h8,10H,4-7H2,1-3H3,(H,11,12). The van der Waals surface area contributed by atoms with Crippen molar-refractivity contribution in [1.29, 1.82) is 0 Å². The van der Waals surface area contributed by atoms with Gasteiger partial charge in [-0.15, -0.1) is 0 Å². The van der Waals surface area contributed by atoms with Gasteiger partial charge in [0.25, 0.3) is 0 Å². The lowest BCUT2D eigenvalue weighted by atomic mass is 10.1. The Bertz CT molecular complexity index is 124. The molecule has 3 nitrogen and oxygen atoms in total. The minimum atomic E-state index is 0.0845. The van der Waals surface area contributed by atoms with E-state index in [-0.39, 0.29) is 5.91 Å². The topological polar surface area (TPSA) is 41.1 Å². The molecule has 72 valence electrons. The molecule has 0 atom stereocenters. The molecule has 0 spiro atoms. The van der Waals surface area contributed by atoms with Crippen LogP contribution in [0.2, 0.25) is 0 Å². The van der Waals surface area contributed by atoms with Crippen LogP contribution in [0, 0.1) is 5.92 Å². The van der Waals surface area contributed by atoms with Crippen LogP contribution in [0.1, 0.15) is 27.2 Å². The lowest BCUT2D eigenvalue weighted by Crippen LogP contribution is -2.34. The molecule has 0 heterocycles. The molecule has 0 aliphatic rings.